The van der Waals surface area contributed by atoms with Crippen LogP contribution in [0.15, 0.2) is 42.0 Å². The number of likely N-dealkylation sites (N-methyl/N-ethyl adjacent to an activating group) is 1. The number of aliphatic hydroxyl groups excluding tert-OH is 1. The van der Waals surface area contributed by atoms with Gasteiger partial charge in [0.25, 0.3) is 11.7 Å². The summed E-state index contributed by atoms with van der Waals surface area (Å²) >= 11 is 0. The molecule has 2 heterocycles. The van der Waals surface area contributed by atoms with Crippen LogP contribution in [0.5, 0.6) is 17.2 Å². The van der Waals surface area contributed by atoms with E-state index in [-0.39, 0.29) is 17.4 Å². The molecule has 1 N–H and O–H groups in total. The van der Waals surface area contributed by atoms with Gasteiger partial charge >= 0.3 is 0 Å². The Morgan fingerprint density at radius 1 is 1.12 bits per heavy atom. The minimum atomic E-state index is -0.766. The van der Waals surface area contributed by atoms with Crippen LogP contribution in [0.25, 0.3) is 5.76 Å². The van der Waals surface area contributed by atoms with E-state index < -0.39 is 17.7 Å². The molecule has 2 atom stereocenters. The van der Waals surface area contributed by atoms with Crippen molar-refractivity contribution < 1.29 is 28.9 Å². The molecule has 0 spiro atoms. The molecule has 1 fully saturated rings. The van der Waals surface area contributed by atoms with Gasteiger partial charge < -0.3 is 29.1 Å². The summed E-state index contributed by atoms with van der Waals surface area (Å²) in [6.45, 7) is 13.6. The Bertz CT molecular complexity index is 1270. The molecule has 0 radical (unpaired) electrons. The molecule has 40 heavy (non-hydrogen) atoms. The number of rotatable bonds is 12. The number of methoxy groups -OCH3 is 1. The van der Waals surface area contributed by atoms with Gasteiger partial charge in [0.2, 0.25) is 0 Å². The maximum Gasteiger partial charge on any atom is 0.295 e. The van der Waals surface area contributed by atoms with E-state index in [0.29, 0.717) is 54.7 Å². The molecule has 216 valence electrons. The van der Waals surface area contributed by atoms with Crippen LogP contribution in [-0.2, 0) is 16.0 Å². The first-order valence-corrected chi connectivity index (χ1v) is 14.3. The molecule has 0 aliphatic carbocycles. The molecule has 2 aliphatic heterocycles. The summed E-state index contributed by atoms with van der Waals surface area (Å²) in [4.78, 5) is 30.7. The predicted molar refractivity (Wildman–Crippen MR) is 155 cm³/mol. The molecule has 2 aliphatic rings. The maximum atomic E-state index is 13.5. The van der Waals surface area contributed by atoms with Gasteiger partial charge in [-0.05, 0) is 73.8 Å². The van der Waals surface area contributed by atoms with Crippen molar-refractivity contribution in [1.29, 1.82) is 0 Å². The van der Waals surface area contributed by atoms with Crippen molar-refractivity contribution in [3.05, 3.63) is 58.7 Å². The molecule has 1 amide bonds. The standard InChI is InChI=1S/C32H42N2O6/c1-7-33(8-2)14-15-34-29(22-9-12-26(27(19-22)38-6)39-16-13-20(3)4)28(31(36)32(34)37)30(35)23-10-11-25-24(18-23)17-21(5)40-25/h9-12,18-21,29,35H,7-8,13-17H2,1-6H3/t21-,29-/m1/s1. The van der Waals surface area contributed by atoms with Crippen LogP contribution in [-0.4, -0.2) is 72.6 Å². The van der Waals surface area contributed by atoms with Crippen molar-refractivity contribution in [2.45, 2.75) is 59.6 Å². The highest BCUT2D eigenvalue weighted by atomic mass is 16.5. The summed E-state index contributed by atoms with van der Waals surface area (Å²) in [6.07, 6.45) is 1.67. The molecule has 1 saturated heterocycles. The van der Waals surface area contributed by atoms with Gasteiger partial charge in [-0.1, -0.05) is 33.8 Å². The van der Waals surface area contributed by atoms with E-state index in [0.717, 1.165) is 30.8 Å². The van der Waals surface area contributed by atoms with Crippen molar-refractivity contribution in [2.24, 2.45) is 5.92 Å². The fourth-order valence-electron chi connectivity index (χ4n) is 5.35. The number of hydrogen-bond acceptors (Lipinski definition) is 7. The zero-order valence-corrected chi connectivity index (χ0v) is 24.5. The lowest BCUT2D eigenvalue weighted by Crippen LogP contribution is -2.38. The van der Waals surface area contributed by atoms with E-state index in [1.807, 2.05) is 31.2 Å². The zero-order valence-electron chi connectivity index (χ0n) is 24.5. The number of ketones is 1. The fraction of sp³-hybridized carbons (Fsp3) is 0.500. The minimum Gasteiger partial charge on any atom is -0.507 e. The summed E-state index contributed by atoms with van der Waals surface area (Å²) in [7, 11) is 1.57. The number of Topliss-reactive ketones (excluding diaryl/α,β-unsaturated/α-hetero) is 1. The first-order chi connectivity index (χ1) is 19.2. The average Bonchev–Trinajstić information content (AvgIpc) is 3.44. The molecule has 8 heteroatoms. The first-order valence-electron chi connectivity index (χ1n) is 14.3. The predicted octanol–water partition coefficient (Wildman–Crippen LogP) is 5.21. The van der Waals surface area contributed by atoms with Crippen molar-refractivity contribution in [3.63, 3.8) is 0 Å². The first kappa shape index (κ1) is 29.5. The Hall–Kier alpha value is -3.52. The summed E-state index contributed by atoms with van der Waals surface area (Å²) in [6, 6.07) is 10.1. The second-order valence-electron chi connectivity index (χ2n) is 10.9. The minimum absolute atomic E-state index is 0.0480. The topological polar surface area (TPSA) is 88.5 Å². The molecular formula is C32H42N2O6. The van der Waals surface area contributed by atoms with E-state index in [1.165, 1.54) is 0 Å². The van der Waals surface area contributed by atoms with Crippen LogP contribution in [0, 0.1) is 5.92 Å². The van der Waals surface area contributed by atoms with E-state index in [4.69, 9.17) is 14.2 Å². The highest BCUT2D eigenvalue weighted by Gasteiger charge is 2.46. The smallest absolute Gasteiger partial charge is 0.295 e. The number of likely N-dealkylation sites (tertiary alicyclic amines) is 1. The van der Waals surface area contributed by atoms with Crippen molar-refractivity contribution in [3.8, 4) is 17.2 Å². The number of carbonyl (C=O) groups is 2. The number of hydrogen-bond donors (Lipinski definition) is 1. The third-order valence-electron chi connectivity index (χ3n) is 7.72. The zero-order chi connectivity index (χ0) is 29.0. The third kappa shape index (κ3) is 6.12. The maximum absolute atomic E-state index is 13.5. The summed E-state index contributed by atoms with van der Waals surface area (Å²) < 4.78 is 17.4. The number of benzene rings is 2. The largest absolute Gasteiger partial charge is 0.507 e. The van der Waals surface area contributed by atoms with E-state index >= 15 is 0 Å². The number of fused-ring (bicyclic) bond motifs is 1. The third-order valence-corrected chi connectivity index (χ3v) is 7.72. The number of nitrogens with zero attached hydrogens (tertiary/aromatic N) is 2. The van der Waals surface area contributed by atoms with Crippen LogP contribution in [0.2, 0.25) is 0 Å². The monoisotopic (exact) mass is 550 g/mol. The molecule has 4 rings (SSSR count). The van der Waals surface area contributed by atoms with Crippen LogP contribution in [0.1, 0.15) is 63.8 Å². The Balaban J connectivity index is 1.77. The molecule has 0 saturated carbocycles. The lowest BCUT2D eigenvalue weighted by Gasteiger charge is -2.28. The van der Waals surface area contributed by atoms with Gasteiger partial charge in [0.1, 0.15) is 17.6 Å². The van der Waals surface area contributed by atoms with Gasteiger partial charge in [-0.2, -0.15) is 0 Å². The van der Waals surface area contributed by atoms with Gasteiger partial charge in [-0.3, -0.25) is 9.59 Å². The van der Waals surface area contributed by atoms with Gasteiger partial charge in [-0.25, -0.2) is 0 Å². The van der Waals surface area contributed by atoms with Crippen molar-refractivity contribution in [2.75, 3.05) is 39.9 Å². The van der Waals surface area contributed by atoms with E-state index in [9.17, 15) is 14.7 Å². The highest BCUT2D eigenvalue weighted by molar-refractivity contribution is 6.46. The normalized spacial score (nSPS) is 19.9. The van der Waals surface area contributed by atoms with Crippen LogP contribution >= 0.6 is 0 Å². The molecular weight excluding hydrogens is 508 g/mol. The molecule has 0 bridgehead atoms. The van der Waals surface area contributed by atoms with Gasteiger partial charge in [0.15, 0.2) is 11.5 Å². The number of aliphatic hydroxyl groups is 1. The second kappa shape index (κ2) is 12.8. The highest BCUT2D eigenvalue weighted by Crippen LogP contribution is 2.42. The van der Waals surface area contributed by atoms with Gasteiger partial charge in [0.05, 0.1) is 25.3 Å². The van der Waals surface area contributed by atoms with E-state index in [2.05, 4.69) is 32.6 Å². The Morgan fingerprint density at radius 3 is 2.55 bits per heavy atom. The van der Waals surface area contributed by atoms with Crippen LogP contribution in [0.4, 0.5) is 0 Å². The lowest BCUT2D eigenvalue weighted by molar-refractivity contribution is -0.140. The number of ether oxygens (including phenoxy) is 3. The van der Waals surface area contributed by atoms with Gasteiger partial charge in [-0.15, -0.1) is 0 Å². The SMILES string of the molecule is CCN(CC)CCN1C(=O)C(=O)C(=C(O)c2ccc3c(c2)C[C@@H](C)O3)[C@H]1c1ccc(OCCC(C)C)c(OC)c1. The van der Waals surface area contributed by atoms with Crippen LogP contribution in [0.3, 0.4) is 0 Å². The number of amides is 1. The van der Waals surface area contributed by atoms with Crippen molar-refractivity contribution in [1.82, 2.24) is 9.80 Å². The second-order valence-corrected chi connectivity index (χ2v) is 10.9. The van der Waals surface area contributed by atoms with Crippen LogP contribution < -0.4 is 14.2 Å². The van der Waals surface area contributed by atoms with Gasteiger partial charge in [0, 0.05) is 25.1 Å². The van der Waals surface area contributed by atoms with E-state index in [1.54, 1.807) is 24.1 Å². The number of carbonyl (C=O) groups excluding carboxylic acids is 2. The lowest BCUT2D eigenvalue weighted by atomic mass is 9.94. The molecule has 0 aromatic heterocycles. The summed E-state index contributed by atoms with van der Waals surface area (Å²) in [5, 5.41) is 11.5. The fourth-order valence-corrected chi connectivity index (χ4v) is 5.35. The Kier molecular flexibility index (Phi) is 9.40. The summed E-state index contributed by atoms with van der Waals surface area (Å²) in [5.41, 5.74) is 2.20. The Labute approximate surface area is 237 Å². The molecule has 2 aromatic rings. The quantitative estimate of drug-likeness (QED) is 0.221. The Morgan fingerprint density at radius 2 is 1.88 bits per heavy atom. The van der Waals surface area contributed by atoms with Crippen molar-refractivity contribution >= 4 is 17.4 Å². The molecule has 8 nitrogen and oxygen atoms in total. The molecule has 0 unspecified atom stereocenters. The molecule has 2 aromatic carbocycles. The summed E-state index contributed by atoms with van der Waals surface area (Å²) in [5.74, 6) is 0.894. The average molecular weight is 551 g/mol.